The molecule has 8 aliphatic rings. The summed E-state index contributed by atoms with van der Waals surface area (Å²) in [5, 5.41) is 35.8. The van der Waals surface area contributed by atoms with Gasteiger partial charge in [-0.3, -0.25) is 4.79 Å². The van der Waals surface area contributed by atoms with E-state index in [2.05, 4.69) is 6.92 Å². The van der Waals surface area contributed by atoms with Gasteiger partial charge in [0.1, 0.15) is 17.8 Å². The van der Waals surface area contributed by atoms with Crippen LogP contribution in [0.5, 0.6) is 0 Å². The number of ether oxygens (including phenoxy) is 5. The van der Waals surface area contributed by atoms with E-state index in [0.717, 1.165) is 12.0 Å². The first-order valence-electron chi connectivity index (χ1n) is 14.6. The number of aliphatic hydroxyl groups excluding tert-OH is 1. The van der Waals surface area contributed by atoms with E-state index in [1.807, 2.05) is 6.92 Å². The van der Waals surface area contributed by atoms with Gasteiger partial charge in [-0.25, -0.2) is 4.79 Å². The fourth-order valence-electron chi connectivity index (χ4n) is 10.7. The van der Waals surface area contributed by atoms with Crippen molar-refractivity contribution in [1.29, 1.82) is 0 Å². The van der Waals surface area contributed by atoms with Crippen LogP contribution in [0.4, 0.5) is 0 Å². The molecule has 7 fully saturated rings. The van der Waals surface area contributed by atoms with E-state index in [-0.39, 0.29) is 55.1 Å². The van der Waals surface area contributed by atoms with Crippen LogP contribution >= 0.6 is 0 Å². The average molecular weight is 547 g/mol. The topological polar surface area (TPSA) is 144 Å². The van der Waals surface area contributed by atoms with Crippen LogP contribution in [0.3, 0.4) is 0 Å². The molecule has 4 aliphatic heterocycles. The second-order valence-corrected chi connectivity index (χ2v) is 14.2. The standard InChI is InChI=1S/C29H38O10/c1-13-6-20(31)29(34)24(36-13)37-18-8-15-9-21-28(39-21)23(25(15,2)11-19(18)38-29)17(30)10-26(3)16(4-5-27(26,28)33)14-7-22(32)35-12-14/h7,13,15-19,21,23-24,30,33-34H,4-6,8-12H2,1-3H3/t13-,15-,16-,17-,18-,19-,21+,23-,24+,25+,26-,27-,28+,29+/m1/s1. The molecule has 39 heavy (non-hydrogen) atoms. The summed E-state index contributed by atoms with van der Waals surface area (Å²) in [7, 11) is 0. The summed E-state index contributed by atoms with van der Waals surface area (Å²) in [4.78, 5) is 24.7. The molecule has 0 aromatic carbocycles. The molecule has 214 valence electrons. The van der Waals surface area contributed by atoms with E-state index in [0.29, 0.717) is 32.1 Å². The maximum Gasteiger partial charge on any atom is 0.331 e. The zero-order valence-corrected chi connectivity index (χ0v) is 22.6. The molecule has 10 heteroatoms. The third-order valence-electron chi connectivity index (χ3n) is 12.4. The molecule has 14 atom stereocenters. The Morgan fingerprint density at radius 3 is 2.56 bits per heavy atom. The lowest BCUT2D eigenvalue weighted by Gasteiger charge is -2.65. The number of fused-ring (bicyclic) bond motifs is 5. The first-order valence-corrected chi connectivity index (χ1v) is 14.6. The number of ketones is 1. The number of epoxide rings is 1. The lowest BCUT2D eigenvalue weighted by Crippen LogP contribution is -2.74. The van der Waals surface area contributed by atoms with E-state index in [1.54, 1.807) is 13.0 Å². The molecule has 8 rings (SSSR count). The molecule has 10 nitrogen and oxygen atoms in total. The van der Waals surface area contributed by atoms with Gasteiger partial charge >= 0.3 is 5.97 Å². The van der Waals surface area contributed by atoms with E-state index >= 15 is 0 Å². The Hall–Kier alpha value is -1.40. The van der Waals surface area contributed by atoms with Gasteiger partial charge in [-0.15, -0.1) is 0 Å². The van der Waals surface area contributed by atoms with Crippen LogP contribution in [0, 0.1) is 28.6 Å². The highest BCUT2D eigenvalue weighted by molar-refractivity contribution is 5.87. The minimum absolute atomic E-state index is 0.0491. The molecule has 0 bridgehead atoms. The Balaban J connectivity index is 1.14. The van der Waals surface area contributed by atoms with Crippen LogP contribution in [0.25, 0.3) is 0 Å². The summed E-state index contributed by atoms with van der Waals surface area (Å²) in [6.07, 6.45) is 1.67. The van der Waals surface area contributed by atoms with Crippen molar-refractivity contribution in [1.82, 2.24) is 0 Å². The SMILES string of the molecule is C[C@@H]1CC(=O)[C@]2(O)O[C@@H]3C[C@@]4(C)[C@@H](C[C@@H]5O[C@]56[C@@H]4[C@H](O)C[C@]4(C)[C@@H](C5=CC(=O)OC5)CC[C@]64O)C[C@H]3O[C@@H]2O1. The smallest absolute Gasteiger partial charge is 0.331 e. The van der Waals surface area contributed by atoms with Gasteiger partial charge in [0.2, 0.25) is 6.29 Å². The largest absolute Gasteiger partial charge is 0.458 e. The third kappa shape index (κ3) is 2.87. The van der Waals surface area contributed by atoms with Gasteiger partial charge in [0.15, 0.2) is 5.78 Å². The van der Waals surface area contributed by atoms with Crippen molar-refractivity contribution in [3.8, 4) is 0 Å². The molecule has 3 saturated heterocycles. The monoisotopic (exact) mass is 546 g/mol. The van der Waals surface area contributed by atoms with Gasteiger partial charge in [-0.1, -0.05) is 13.8 Å². The van der Waals surface area contributed by atoms with Gasteiger partial charge in [0.05, 0.1) is 30.5 Å². The molecule has 0 amide bonds. The van der Waals surface area contributed by atoms with E-state index in [4.69, 9.17) is 23.7 Å². The van der Waals surface area contributed by atoms with Crippen LogP contribution in [0.2, 0.25) is 0 Å². The van der Waals surface area contributed by atoms with E-state index in [1.165, 1.54) is 0 Å². The number of aliphatic hydroxyl groups is 3. The highest BCUT2D eigenvalue weighted by Gasteiger charge is 2.86. The molecule has 4 saturated carbocycles. The summed E-state index contributed by atoms with van der Waals surface area (Å²) in [5.74, 6) is -3.22. The van der Waals surface area contributed by atoms with Gasteiger partial charge in [-0.2, -0.15) is 0 Å². The minimum Gasteiger partial charge on any atom is -0.458 e. The zero-order valence-electron chi connectivity index (χ0n) is 22.6. The van der Waals surface area contributed by atoms with Crippen molar-refractivity contribution in [2.24, 2.45) is 28.6 Å². The number of Topliss-reactive ketones (excluding diaryl/α,β-unsaturated/α-hetero) is 1. The predicted octanol–water partition coefficient (Wildman–Crippen LogP) is 1.13. The van der Waals surface area contributed by atoms with Crippen LogP contribution in [0.15, 0.2) is 11.6 Å². The zero-order chi connectivity index (χ0) is 27.3. The number of carbonyl (C=O) groups is 2. The summed E-state index contributed by atoms with van der Waals surface area (Å²) < 4.78 is 29.9. The summed E-state index contributed by atoms with van der Waals surface area (Å²) >= 11 is 0. The van der Waals surface area contributed by atoms with E-state index in [9.17, 15) is 24.9 Å². The van der Waals surface area contributed by atoms with Crippen LogP contribution < -0.4 is 0 Å². The fourth-order valence-corrected chi connectivity index (χ4v) is 10.7. The van der Waals surface area contributed by atoms with Gasteiger partial charge in [0, 0.05) is 23.8 Å². The highest BCUT2D eigenvalue weighted by atomic mass is 16.8. The first kappa shape index (κ1) is 25.3. The molecule has 0 radical (unpaired) electrons. The molecule has 3 N–H and O–H groups in total. The van der Waals surface area contributed by atoms with Gasteiger partial charge in [0.25, 0.3) is 5.79 Å². The van der Waals surface area contributed by atoms with Gasteiger partial charge in [-0.05, 0) is 68.3 Å². The number of hydrogen-bond donors (Lipinski definition) is 3. The maximum absolute atomic E-state index is 12.8. The maximum atomic E-state index is 12.8. The first-order chi connectivity index (χ1) is 18.4. The van der Waals surface area contributed by atoms with Crippen molar-refractivity contribution in [3.05, 3.63) is 11.6 Å². The van der Waals surface area contributed by atoms with Crippen molar-refractivity contribution < 1.29 is 48.6 Å². The second-order valence-electron chi connectivity index (χ2n) is 14.2. The molecule has 0 unspecified atom stereocenters. The van der Waals surface area contributed by atoms with Gasteiger partial charge < -0.3 is 39.0 Å². The summed E-state index contributed by atoms with van der Waals surface area (Å²) in [5.41, 5.74) is -2.33. The quantitative estimate of drug-likeness (QED) is 0.249. The molecule has 0 aromatic rings. The number of carbonyl (C=O) groups excluding carboxylic acids is 2. The summed E-state index contributed by atoms with van der Waals surface area (Å²) in [6, 6.07) is 0. The second kappa shape index (κ2) is 7.51. The number of cyclic esters (lactones) is 1. The fraction of sp³-hybridized carbons (Fsp3) is 0.862. The summed E-state index contributed by atoms with van der Waals surface area (Å²) in [6.45, 7) is 6.20. The van der Waals surface area contributed by atoms with Crippen molar-refractivity contribution >= 4 is 11.8 Å². The Labute approximate surface area is 226 Å². The number of esters is 1. The normalized spacial score (nSPS) is 61.1. The lowest BCUT2D eigenvalue weighted by molar-refractivity contribution is -0.414. The third-order valence-corrected chi connectivity index (χ3v) is 12.4. The van der Waals surface area contributed by atoms with Crippen LogP contribution in [-0.2, 0) is 33.3 Å². The number of rotatable bonds is 1. The highest BCUT2D eigenvalue weighted by Crippen LogP contribution is 2.77. The predicted molar refractivity (Wildman–Crippen MR) is 131 cm³/mol. The molecule has 4 aliphatic carbocycles. The number of hydrogen-bond acceptors (Lipinski definition) is 10. The Morgan fingerprint density at radius 2 is 1.82 bits per heavy atom. The molecule has 1 spiro atoms. The molecular weight excluding hydrogens is 508 g/mol. The molecular formula is C29H38O10. The Kier molecular flexibility index (Phi) is 4.87. The minimum atomic E-state index is -2.14. The van der Waals surface area contributed by atoms with Crippen molar-refractivity contribution in [2.45, 2.75) is 120 Å². The average Bonchev–Trinajstić information content (AvgIpc) is 3.29. The van der Waals surface area contributed by atoms with E-state index < -0.39 is 52.1 Å². The molecule has 4 heterocycles. The van der Waals surface area contributed by atoms with Crippen molar-refractivity contribution in [3.63, 3.8) is 0 Å². The Bertz CT molecular complexity index is 1190. The lowest BCUT2D eigenvalue weighted by atomic mass is 9.42. The molecule has 0 aromatic heterocycles. The van der Waals surface area contributed by atoms with Crippen LogP contribution in [0.1, 0.15) is 65.7 Å². The van der Waals surface area contributed by atoms with Crippen molar-refractivity contribution in [2.75, 3.05) is 6.61 Å². The Morgan fingerprint density at radius 1 is 1.03 bits per heavy atom. The van der Waals surface area contributed by atoms with Crippen LogP contribution in [-0.4, -0.2) is 87.5 Å².